The van der Waals surface area contributed by atoms with E-state index in [1.54, 1.807) is 6.08 Å². The van der Waals surface area contributed by atoms with Crippen LogP contribution in [-0.4, -0.2) is 5.78 Å². The third-order valence-corrected chi connectivity index (χ3v) is 2.66. The maximum absolute atomic E-state index is 11.5. The minimum absolute atomic E-state index is 0.167. The molecule has 1 heteroatoms. The van der Waals surface area contributed by atoms with Crippen molar-refractivity contribution in [2.45, 2.75) is 6.42 Å². The van der Waals surface area contributed by atoms with Crippen LogP contribution in [-0.2, 0) is 4.79 Å². The van der Waals surface area contributed by atoms with Crippen LogP contribution in [0.15, 0.2) is 36.4 Å². The Balaban J connectivity index is 2.20. The van der Waals surface area contributed by atoms with Crippen LogP contribution in [0.25, 0.3) is 11.1 Å². The summed E-state index contributed by atoms with van der Waals surface area (Å²) >= 11 is 0. The molecule has 0 saturated heterocycles. The molecule has 3 rings (SSSR count). The molecule has 0 bridgehead atoms. The average molecular weight is 168 g/mol. The predicted octanol–water partition coefficient (Wildman–Crippen LogP) is 2.44. The van der Waals surface area contributed by atoms with Crippen molar-refractivity contribution in [3.05, 3.63) is 47.5 Å². The summed E-state index contributed by atoms with van der Waals surface area (Å²) in [4.78, 5) is 11.5. The van der Waals surface area contributed by atoms with Gasteiger partial charge in [-0.2, -0.15) is 0 Å². The van der Waals surface area contributed by atoms with Gasteiger partial charge in [0.15, 0.2) is 5.78 Å². The summed E-state index contributed by atoms with van der Waals surface area (Å²) in [5.41, 5.74) is 4.56. The van der Waals surface area contributed by atoms with Crippen molar-refractivity contribution in [2.75, 3.05) is 0 Å². The maximum atomic E-state index is 11.5. The Labute approximate surface area is 76.4 Å². The number of allylic oxidation sites excluding steroid dienone is 4. The molecule has 0 spiro atoms. The first-order valence-electron chi connectivity index (χ1n) is 4.42. The highest BCUT2D eigenvalue weighted by atomic mass is 16.1. The molecule has 13 heavy (non-hydrogen) atoms. The van der Waals surface area contributed by atoms with Crippen LogP contribution in [0.1, 0.15) is 17.5 Å². The number of rotatable bonds is 0. The molecule has 0 unspecified atom stereocenters. The molecule has 0 amide bonds. The smallest absolute Gasteiger partial charge is 0.186 e. The van der Waals surface area contributed by atoms with Crippen LogP contribution in [0.4, 0.5) is 0 Å². The van der Waals surface area contributed by atoms with Gasteiger partial charge in [-0.05, 0) is 29.2 Å². The molecule has 2 aliphatic rings. The van der Waals surface area contributed by atoms with E-state index in [0.29, 0.717) is 0 Å². The molecule has 0 heterocycles. The standard InChI is InChI=1S/C12H8O/c13-11-7-3-6-10-8-4-1-2-5-9(8)12(10)11/h1-5,7H,6H2. The fourth-order valence-electron chi connectivity index (χ4n) is 2.06. The summed E-state index contributed by atoms with van der Waals surface area (Å²) in [6.07, 6.45) is 4.53. The lowest BCUT2D eigenvalue weighted by Gasteiger charge is -2.27. The third kappa shape index (κ3) is 0.738. The molecule has 1 nitrogen and oxygen atoms in total. The van der Waals surface area contributed by atoms with Gasteiger partial charge in [-0.3, -0.25) is 4.79 Å². The summed E-state index contributed by atoms with van der Waals surface area (Å²) in [6.45, 7) is 0. The minimum Gasteiger partial charge on any atom is -0.289 e. The monoisotopic (exact) mass is 168 g/mol. The SMILES string of the molecule is O=C1C=CCC2=C1c1ccccc12. The van der Waals surface area contributed by atoms with E-state index in [9.17, 15) is 4.79 Å². The summed E-state index contributed by atoms with van der Waals surface area (Å²) in [6, 6.07) is 8.10. The zero-order valence-corrected chi connectivity index (χ0v) is 7.08. The third-order valence-electron chi connectivity index (χ3n) is 2.66. The largest absolute Gasteiger partial charge is 0.289 e. The molecular weight excluding hydrogens is 160 g/mol. The van der Waals surface area contributed by atoms with Crippen LogP contribution in [0, 0.1) is 0 Å². The number of hydrogen-bond acceptors (Lipinski definition) is 1. The van der Waals surface area contributed by atoms with E-state index >= 15 is 0 Å². The molecule has 2 aliphatic carbocycles. The van der Waals surface area contributed by atoms with Gasteiger partial charge in [0.1, 0.15) is 0 Å². The second-order valence-corrected chi connectivity index (χ2v) is 3.37. The molecule has 0 fully saturated rings. The zero-order valence-electron chi connectivity index (χ0n) is 7.08. The predicted molar refractivity (Wildman–Crippen MR) is 52.0 cm³/mol. The average Bonchev–Trinajstić information content (AvgIpc) is 2.14. The van der Waals surface area contributed by atoms with Crippen molar-refractivity contribution in [2.24, 2.45) is 0 Å². The maximum Gasteiger partial charge on any atom is 0.186 e. The van der Waals surface area contributed by atoms with Gasteiger partial charge in [-0.25, -0.2) is 0 Å². The minimum atomic E-state index is 0.167. The summed E-state index contributed by atoms with van der Waals surface area (Å²) in [5, 5.41) is 0. The van der Waals surface area contributed by atoms with Crippen molar-refractivity contribution in [1.29, 1.82) is 0 Å². The highest BCUT2D eigenvalue weighted by molar-refractivity contribution is 6.38. The lowest BCUT2D eigenvalue weighted by atomic mass is 9.75. The zero-order chi connectivity index (χ0) is 8.84. The Morgan fingerprint density at radius 1 is 1.08 bits per heavy atom. The Morgan fingerprint density at radius 3 is 2.69 bits per heavy atom. The molecule has 1 aromatic rings. The Kier molecular flexibility index (Phi) is 1.15. The highest BCUT2D eigenvalue weighted by Crippen LogP contribution is 2.44. The van der Waals surface area contributed by atoms with E-state index in [0.717, 1.165) is 17.6 Å². The van der Waals surface area contributed by atoms with Crippen molar-refractivity contribution in [1.82, 2.24) is 0 Å². The van der Waals surface area contributed by atoms with Crippen LogP contribution in [0.3, 0.4) is 0 Å². The van der Waals surface area contributed by atoms with Gasteiger partial charge in [0.05, 0.1) is 0 Å². The van der Waals surface area contributed by atoms with Gasteiger partial charge in [-0.1, -0.05) is 30.3 Å². The van der Waals surface area contributed by atoms with Crippen LogP contribution >= 0.6 is 0 Å². The van der Waals surface area contributed by atoms with E-state index < -0.39 is 0 Å². The molecule has 0 N–H and O–H groups in total. The number of fused-ring (bicyclic) bond motifs is 3. The summed E-state index contributed by atoms with van der Waals surface area (Å²) < 4.78 is 0. The number of hydrogen-bond donors (Lipinski definition) is 0. The van der Waals surface area contributed by atoms with Gasteiger partial charge >= 0.3 is 0 Å². The first kappa shape index (κ1) is 6.84. The number of carbonyl (C=O) groups is 1. The van der Waals surface area contributed by atoms with Gasteiger partial charge in [-0.15, -0.1) is 0 Å². The Hall–Kier alpha value is -1.63. The topological polar surface area (TPSA) is 17.1 Å². The lowest BCUT2D eigenvalue weighted by molar-refractivity contribution is -0.109. The quantitative estimate of drug-likeness (QED) is 0.581. The summed E-state index contributed by atoms with van der Waals surface area (Å²) in [5.74, 6) is 0.167. The van der Waals surface area contributed by atoms with E-state index in [2.05, 4.69) is 6.07 Å². The van der Waals surface area contributed by atoms with E-state index in [-0.39, 0.29) is 5.78 Å². The van der Waals surface area contributed by atoms with Gasteiger partial charge < -0.3 is 0 Å². The molecular formula is C12H8O. The fourth-order valence-corrected chi connectivity index (χ4v) is 2.06. The first-order valence-corrected chi connectivity index (χ1v) is 4.42. The Morgan fingerprint density at radius 2 is 1.85 bits per heavy atom. The molecule has 0 radical (unpaired) electrons. The van der Waals surface area contributed by atoms with Gasteiger partial charge in [0.2, 0.25) is 0 Å². The van der Waals surface area contributed by atoms with Gasteiger partial charge in [0.25, 0.3) is 0 Å². The molecule has 0 aromatic heterocycles. The molecule has 1 aromatic carbocycles. The normalized spacial score (nSPS) is 18.0. The van der Waals surface area contributed by atoms with Crippen LogP contribution in [0.5, 0.6) is 0 Å². The number of ketones is 1. The fraction of sp³-hybridized carbons (Fsp3) is 0.0833. The van der Waals surface area contributed by atoms with E-state index in [1.165, 1.54) is 11.1 Å². The second kappa shape index (κ2) is 2.19. The van der Waals surface area contributed by atoms with Gasteiger partial charge in [0, 0.05) is 5.57 Å². The molecule has 62 valence electrons. The van der Waals surface area contributed by atoms with E-state index in [4.69, 9.17) is 0 Å². The molecule has 0 aliphatic heterocycles. The Bertz CT molecular complexity index is 464. The molecule has 0 saturated carbocycles. The lowest BCUT2D eigenvalue weighted by Crippen LogP contribution is -2.15. The van der Waals surface area contributed by atoms with Crippen molar-refractivity contribution < 1.29 is 4.79 Å². The number of benzene rings is 1. The summed E-state index contributed by atoms with van der Waals surface area (Å²) in [7, 11) is 0. The molecule has 0 atom stereocenters. The van der Waals surface area contributed by atoms with Crippen molar-refractivity contribution >= 4 is 16.9 Å². The first-order chi connectivity index (χ1) is 6.38. The van der Waals surface area contributed by atoms with Crippen LogP contribution in [0.2, 0.25) is 0 Å². The van der Waals surface area contributed by atoms with E-state index in [1.807, 2.05) is 24.3 Å². The highest BCUT2D eigenvalue weighted by Gasteiger charge is 2.29. The van der Waals surface area contributed by atoms with Crippen molar-refractivity contribution in [3.8, 4) is 0 Å². The van der Waals surface area contributed by atoms with Crippen LogP contribution < -0.4 is 0 Å². The van der Waals surface area contributed by atoms with Crippen molar-refractivity contribution in [3.63, 3.8) is 0 Å². The second-order valence-electron chi connectivity index (χ2n) is 3.37. The number of carbonyl (C=O) groups excluding carboxylic acids is 1.